The maximum atomic E-state index is 12.5. The molecule has 1 fully saturated rings. The number of ether oxygens (including phenoxy) is 1. The van der Waals surface area contributed by atoms with Crippen LogP contribution in [-0.4, -0.2) is 41.2 Å². The largest absolute Gasteiger partial charge is 0.443 e. The molecule has 1 aromatic rings. The minimum Gasteiger partial charge on any atom is -0.443 e. The monoisotopic (exact) mass is 361 g/mol. The van der Waals surface area contributed by atoms with Crippen molar-refractivity contribution in [1.82, 2.24) is 9.88 Å². The van der Waals surface area contributed by atoms with Crippen LogP contribution in [-0.2, 0) is 4.74 Å². The lowest BCUT2D eigenvalue weighted by Crippen LogP contribution is -2.38. The molecule has 0 bridgehead atoms. The molecule has 1 aromatic heterocycles. The molecule has 0 aliphatic carbocycles. The van der Waals surface area contributed by atoms with E-state index in [1.54, 1.807) is 4.90 Å². The highest BCUT2D eigenvalue weighted by atomic mass is 16.6. The van der Waals surface area contributed by atoms with Crippen LogP contribution < -0.4 is 4.90 Å². The summed E-state index contributed by atoms with van der Waals surface area (Å²) in [4.78, 5) is 21.4. The number of carbonyl (C=O) groups is 1. The number of rotatable bonds is 6. The summed E-state index contributed by atoms with van der Waals surface area (Å²) in [5, 5.41) is 0. The third-order valence-corrected chi connectivity index (χ3v) is 4.62. The van der Waals surface area contributed by atoms with Gasteiger partial charge < -0.3 is 4.74 Å². The Morgan fingerprint density at radius 1 is 1.27 bits per heavy atom. The van der Waals surface area contributed by atoms with Crippen LogP contribution in [0.4, 0.5) is 10.6 Å². The molecule has 146 valence electrons. The molecule has 0 spiro atoms. The van der Waals surface area contributed by atoms with E-state index in [4.69, 9.17) is 4.74 Å². The van der Waals surface area contributed by atoms with E-state index in [-0.39, 0.29) is 6.09 Å². The first-order valence-electron chi connectivity index (χ1n) is 10.1. The van der Waals surface area contributed by atoms with E-state index in [1.807, 2.05) is 33.0 Å². The summed E-state index contributed by atoms with van der Waals surface area (Å²) in [6, 6.07) is 4.55. The summed E-state index contributed by atoms with van der Waals surface area (Å²) < 4.78 is 5.54. The molecule has 5 nitrogen and oxygen atoms in total. The van der Waals surface area contributed by atoms with Gasteiger partial charge in [-0.1, -0.05) is 26.3 Å². The zero-order valence-electron chi connectivity index (χ0n) is 17.1. The highest BCUT2D eigenvalue weighted by molar-refractivity contribution is 5.86. The highest BCUT2D eigenvalue weighted by Gasteiger charge is 2.26. The predicted octanol–water partition coefficient (Wildman–Crippen LogP) is 5.17. The van der Waals surface area contributed by atoms with Crippen LogP contribution in [0.3, 0.4) is 0 Å². The molecule has 0 saturated carbocycles. The van der Waals surface area contributed by atoms with Crippen LogP contribution in [0.5, 0.6) is 0 Å². The molecule has 1 aliphatic rings. The van der Waals surface area contributed by atoms with Gasteiger partial charge in [0.05, 0.1) is 0 Å². The summed E-state index contributed by atoms with van der Waals surface area (Å²) in [7, 11) is 0. The lowest BCUT2D eigenvalue weighted by molar-refractivity contribution is 0.0579. The predicted molar refractivity (Wildman–Crippen MR) is 107 cm³/mol. The number of carbonyl (C=O) groups excluding carboxylic acids is 1. The van der Waals surface area contributed by atoms with Crippen molar-refractivity contribution in [3.63, 3.8) is 0 Å². The molecule has 26 heavy (non-hydrogen) atoms. The van der Waals surface area contributed by atoms with Gasteiger partial charge in [-0.15, -0.1) is 0 Å². The maximum absolute atomic E-state index is 12.5. The average Bonchev–Trinajstić information content (AvgIpc) is 2.59. The number of nitrogens with zero attached hydrogens (tertiary/aromatic N) is 3. The van der Waals surface area contributed by atoms with Gasteiger partial charge in [-0.25, -0.2) is 9.78 Å². The topological polar surface area (TPSA) is 45.7 Å². The van der Waals surface area contributed by atoms with E-state index in [1.165, 1.54) is 37.8 Å². The maximum Gasteiger partial charge on any atom is 0.416 e. The van der Waals surface area contributed by atoms with Gasteiger partial charge in [0.15, 0.2) is 0 Å². The molecule has 0 aromatic carbocycles. The fourth-order valence-corrected chi connectivity index (χ4v) is 3.52. The Morgan fingerprint density at radius 2 is 2.04 bits per heavy atom. The zero-order chi connectivity index (χ0) is 19.2. The van der Waals surface area contributed by atoms with Crippen LogP contribution in [0.25, 0.3) is 0 Å². The van der Waals surface area contributed by atoms with Crippen molar-refractivity contribution in [2.75, 3.05) is 24.5 Å². The number of pyridine rings is 1. The average molecular weight is 362 g/mol. The molecule has 1 saturated heterocycles. The number of hydrogen-bond acceptors (Lipinski definition) is 4. The Morgan fingerprint density at radius 3 is 2.62 bits per heavy atom. The second-order valence-corrected chi connectivity index (χ2v) is 8.13. The van der Waals surface area contributed by atoms with E-state index >= 15 is 0 Å². The van der Waals surface area contributed by atoms with E-state index < -0.39 is 5.60 Å². The van der Waals surface area contributed by atoms with E-state index in [0.717, 1.165) is 13.0 Å². The Kier molecular flexibility index (Phi) is 7.44. The molecular formula is C21H35N3O2. The first-order valence-corrected chi connectivity index (χ1v) is 10.1. The van der Waals surface area contributed by atoms with Gasteiger partial charge in [-0.05, 0) is 71.2 Å². The number of amides is 1. The minimum absolute atomic E-state index is 0.329. The third kappa shape index (κ3) is 5.70. The van der Waals surface area contributed by atoms with Crippen molar-refractivity contribution in [1.29, 1.82) is 0 Å². The van der Waals surface area contributed by atoms with Crippen LogP contribution in [0.1, 0.15) is 78.3 Å². The fourth-order valence-electron chi connectivity index (χ4n) is 3.52. The smallest absolute Gasteiger partial charge is 0.416 e. The summed E-state index contributed by atoms with van der Waals surface area (Å²) in [6.45, 7) is 12.8. The normalized spacial score (nSPS) is 18.6. The van der Waals surface area contributed by atoms with Gasteiger partial charge in [0.25, 0.3) is 0 Å². The number of aromatic nitrogens is 1. The second-order valence-electron chi connectivity index (χ2n) is 8.13. The number of hydrogen-bond donors (Lipinski definition) is 0. The molecule has 1 amide bonds. The standard InChI is InChI=1S/C21H35N3O2/c1-6-13-23-15-9-8-10-18(23)17-11-12-19(22-16-17)24(14-7-2)20(25)26-21(3,4)5/h11-12,16,18H,6-10,13-15H2,1-5H3. The first-order chi connectivity index (χ1) is 12.4. The van der Waals surface area contributed by atoms with Crippen LogP contribution >= 0.6 is 0 Å². The minimum atomic E-state index is -0.508. The Bertz CT molecular complexity index is 564. The van der Waals surface area contributed by atoms with Crippen molar-refractivity contribution in [2.24, 2.45) is 0 Å². The van der Waals surface area contributed by atoms with Crippen molar-refractivity contribution < 1.29 is 9.53 Å². The van der Waals surface area contributed by atoms with Crippen molar-refractivity contribution in [3.8, 4) is 0 Å². The number of piperidine rings is 1. The van der Waals surface area contributed by atoms with Gasteiger partial charge >= 0.3 is 6.09 Å². The quantitative estimate of drug-likeness (QED) is 0.701. The van der Waals surface area contributed by atoms with E-state index in [9.17, 15) is 4.79 Å². The molecule has 1 atom stereocenters. The van der Waals surface area contributed by atoms with E-state index in [0.29, 0.717) is 18.4 Å². The van der Waals surface area contributed by atoms with Gasteiger partial charge in [-0.2, -0.15) is 0 Å². The van der Waals surface area contributed by atoms with E-state index in [2.05, 4.69) is 29.8 Å². The first kappa shape index (κ1) is 20.7. The van der Waals surface area contributed by atoms with Crippen LogP contribution in [0.15, 0.2) is 18.3 Å². The lowest BCUT2D eigenvalue weighted by atomic mass is 9.96. The Hall–Kier alpha value is -1.62. The molecule has 5 heteroatoms. The molecule has 1 unspecified atom stereocenters. The molecule has 1 aliphatic heterocycles. The van der Waals surface area contributed by atoms with Crippen molar-refractivity contribution >= 4 is 11.9 Å². The van der Waals surface area contributed by atoms with Crippen LogP contribution in [0.2, 0.25) is 0 Å². The molecule has 0 radical (unpaired) electrons. The molecule has 2 rings (SSSR count). The lowest BCUT2D eigenvalue weighted by Gasteiger charge is -2.35. The Labute approximate surface area is 158 Å². The van der Waals surface area contributed by atoms with Gasteiger partial charge in [0, 0.05) is 18.8 Å². The summed E-state index contributed by atoms with van der Waals surface area (Å²) >= 11 is 0. The van der Waals surface area contributed by atoms with Crippen molar-refractivity contribution in [3.05, 3.63) is 23.9 Å². The third-order valence-electron chi connectivity index (χ3n) is 4.62. The van der Waals surface area contributed by atoms with Crippen LogP contribution in [0, 0.1) is 0 Å². The van der Waals surface area contributed by atoms with Gasteiger partial charge in [0.2, 0.25) is 0 Å². The van der Waals surface area contributed by atoms with Crippen molar-refractivity contribution in [2.45, 2.75) is 78.4 Å². The van der Waals surface area contributed by atoms with Gasteiger partial charge in [-0.3, -0.25) is 9.80 Å². The second kappa shape index (κ2) is 9.36. The number of anilines is 1. The summed E-state index contributed by atoms with van der Waals surface area (Å²) in [5.41, 5.74) is 0.744. The zero-order valence-corrected chi connectivity index (χ0v) is 17.1. The SMILES string of the molecule is CCCN(C(=O)OC(C)(C)C)c1ccc(C2CCCCN2CCC)cn1. The number of likely N-dealkylation sites (tertiary alicyclic amines) is 1. The summed E-state index contributed by atoms with van der Waals surface area (Å²) in [5.74, 6) is 0.669. The Balaban J connectivity index is 2.15. The fraction of sp³-hybridized carbons (Fsp3) is 0.714. The molecule has 2 heterocycles. The molecule has 0 N–H and O–H groups in total. The van der Waals surface area contributed by atoms with Gasteiger partial charge in [0.1, 0.15) is 11.4 Å². The highest BCUT2D eigenvalue weighted by Crippen LogP contribution is 2.31. The molecular weight excluding hydrogens is 326 g/mol. The summed E-state index contributed by atoms with van der Waals surface area (Å²) in [6.07, 6.45) is 7.38.